The molecule has 3 nitrogen and oxygen atoms in total. The second kappa shape index (κ2) is 5.30. The van der Waals surface area contributed by atoms with Gasteiger partial charge in [-0.3, -0.25) is 9.80 Å². The number of rotatable bonds is 2. The van der Waals surface area contributed by atoms with E-state index >= 15 is 0 Å². The standard InChI is InChI=1S/C11H21BrN2O/c1-11(2,12)10(15)14(13)9-7-5-3-4-6-8-9/h9H,3-8,13H2,1-2H3. The molecule has 0 aromatic heterocycles. The van der Waals surface area contributed by atoms with Crippen molar-refractivity contribution in [3.05, 3.63) is 0 Å². The minimum absolute atomic E-state index is 0.0191. The second-order valence-electron chi connectivity index (χ2n) is 4.83. The predicted octanol–water partition coefficient (Wildman–Crippen LogP) is 2.59. The van der Waals surface area contributed by atoms with Crippen molar-refractivity contribution in [2.75, 3.05) is 0 Å². The molecule has 1 rings (SSSR count). The van der Waals surface area contributed by atoms with E-state index in [9.17, 15) is 4.79 Å². The Labute approximate surface area is 100 Å². The van der Waals surface area contributed by atoms with Crippen LogP contribution in [0.15, 0.2) is 0 Å². The van der Waals surface area contributed by atoms with Gasteiger partial charge in [0.15, 0.2) is 0 Å². The molecule has 0 aliphatic heterocycles. The quantitative estimate of drug-likeness (QED) is 0.277. The minimum atomic E-state index is -0.548. The summed E-state index contributed by atoms with van der Waals surface area (Å²) in [5.41, 5.74) is 0. The molecule has 1 saturated carbocycles. The lowest BCUT2D eigenvalue weighted by Crippen LogP contribution is -2.51. The van der Waals surface area contributed by atoms with Crippen LogP contribution in [0.3, 0.4) is 0 Å². The van der Waals surface area contributed by atoms with Gasteiger partial charge >= 0.3 is 0 Å². The van der Waals surface area contributed by atoms with Gasteiger partial charge in [-0.2, -0.15) is 0 Å². The first-order chi connectivity index (χ1) is 6.93. The second-order valence-corrected chi connectivity index (χ2v) is 6.81. The van der Waals surface area contributed by atoms with Crippen molar-refractivity contribution in [1.29, 1.82) is 0 Å². The zero-order chi connectivity index (χ0) is 11.5. The smallest absolute Gasteiger partial charge is 0.253 e. The van der Waals surface area contributed by atoms with Crippen molar-refractivity contribution in [2.24, 2.45) is 5.84 Å². The Kier molecular flexibility index (Phi) is 4.59. The van der Waals surface area contributed by atoms with Gasteiger partial charge in [-0.1, -0.05) is 41.6 Å². The van der Waals surface area contributed by atoms with E-state index < -0.39 is 4.32 Å². The molecule has 0 aromatic carbocycles. The lowest BCUT2D eigenvalue weighted by Gasteiger charge is -2.30. The maximum Gasteiger partial charge on any atom is 0.253 e. The summed E-state index contributed by atoms with van der Waals surface area (Å²) < 4.78 is -0.548. The van der Waals surface area contributed by atoms with Crippen LogP contribution in [-0.2, 0) is 4.79 Å². The van der Waals surface area contributed by atoms with Crippen molar-refractivity contribution < 1.29 is 4.79 Å². The van der Waals surface area contributed by atoms with E-state index in [1.54, 1.807) is 0 Å². The third kappa shape index (κ3) is 3.76. The van der Waals surface area contributed by atoms with Crippen molar-refractivity contribution >= 4 is 21.8 Å². The monoisotopic (exact) mass is 276 g/mol. The number of amides is 1. The molecule has 1 fully saturated rings. The Morgan fingerprint density at radius 1 is 1.27 bits per heavy atom. The van der Waals surface area contributed by atoms with Gasteiger partial charge in [0, 0.05) is 6.04 Å². The number of alkyl halides is 1. The number of carbonyl (C=O) groups excluding carboxylic acids is 1. The molecule has 1 amide bonds. The zero-order valence-corrected chi connectivity index (χ0v) is 11.2. The summed E-state index contributed by atoms with van der Waals surface area (Å²) in [6.45, 7) is 3.68. The third-order valence-corrected chi connectivity index (χ3v) is 3.30. The van der Waals surface area contributed by atoms with Crippen molar-refractivity contribution in [1.82, 2.24) is 5.01 Å². The van der Waals surface area contributed by atoms with Crippen molar-refractivity contribution in [3.8, 4) is 0 Å². The van der Waals surface area contributed by atoms with Crippen LogP contribution >= 0.6 is 15.9 Å². The highest BCUT2D eigenvalue weighted by molar-refractivity contribution is 9.10. The highest BCUT2D eigenvalue weighted by atomic mass is 79.9. The Morgan fingerprint density at radius 3 is 2.13 bits per heavy atom. The van der Waals surface area contributed by atoms with Gasteiger partial charge in [-0.15, -0.1) is 0 Å². The molecule has 15 heavy (non-hydrogen) atoms. The first-order valence-corrected chi connectivity index (χ1v) is 6.49. The maximum atomic E-state index is 11.9. The van der Waals surface area contributed by atoms with Crippen LogP contribution < -0.4 is 5.84 Å². The van der Waals surface area contributed by atoms with E-state index in [2.05, 4.69) is 15.9 Å². The van der Waals surface area contributed by atoms with E-state index in [1.807, 2.05) is 13.8 Å². The average molecular weight is 277 g/mol. The van der Waals surface area contributed by atoms with E-state index in [0.717, 1.165) is 12.8 Å². The summed E-state index contributed by atoms with van der Waals surface area (Å²) in [5, 5.41) is 1.44. The summed E-state index contributed by atoms with van der Waals surface area (Å²) in [7, 11) is 0. The normalized spacial score (nSPS) is 19.7. The number of hydrogen-bond donors (Lipinski definition) is 1. The minimum Gasteiger partial charge on any atom is -0.276 e. The van der Waals surface area contributed by atoms with Gasteiger partial charge in [-0.25, -0.2) is 5.84 Å². The Hall–Kier alpha value is -0.0900. The van der Waals surface area contributed by atoms with Gasteiger partial charge < -0.3 is 0 Å². The highest BCUT2D eigenvalue weighted by Gasteiger charge is 2.31. The third-order valence-electron chi connectivity index (χ3n) is 2.96. The average Bonchev–Trinajstić information content (AvgIpc) is 2.42. The van der Waals surface area contributed by atoms with Crippen LogP contribution in [0.5, 0.6) is 0 Å². The number of nitrogens with two attached hydrogens (primary N) is 1. The van der Waals surface area contributed by atoms with Crippen LogP contribution in [0.1, 0.15) is 52.4 Å². The number of hydrazine groups is 1. The van der Waals surface area contributed by atoms with Gasteiger partial charge in [0.2, 0.25) is 0 Å². The molecule has 4 heteroatoms. The van der Waals surface area contributed by atoms with Crippen LogP contribution in [-0.4, -0.2) is 21.3 Å². The molecule has 0 radical (unpaired) electrons. The van der Waals surface area contributed by atoms with Gasteiger partial charge in [0.25, 0.3) is 5.91 Å². The summed E-state index contributed by atoms with van der Waals surface area (Å²) in [6.07, 6.45) is 7.02. The van der Waals surface area contributed by atoms with Crippen LogP contribution in [0.4, 0.5) is 0 Å². The molecule has 0 atom stereocenters. The number of hydrogen-bond acceptors (Lipinski definition) is 2. The van der Waals surface area contributed by atoms with Gasteiger partial charge in [0.1, 0.15) is 4.32 Å². The maximum absolute atomic E-state index is 11.9. The Balaban J connectivity index is 2.58. The highest BCUT2D eigenvalue weighted by Crippen LogP contribution is 2.24. The first-order valence-electron chi connectivity index (χ1n) is 5.70. The zero-order valence-electron chi connectivity index (χ0n) is 9.63. The molecule has 0 unspecified atom stereocenters. The molecule has 1 aliphatic carbocycles. The fraction of sp³-hybridized carbons (Fsp3) is 0.909. The van der Waals surface area contributed by atoms with Gasteiger partial charge in [-0.05, 0) is 26.7 Å². The fourth-order valence-electron chi connectivity index (χ4n) is 2.01. The molecule has 0 saturated heterocycles. The SMILES string of the molecule is CC(C)(Br)C(=O)N(N)C1CCCCCC1. The molecule has 0 heterocycles. The lowest BCUT2D eigenvalue weighted by atomic mass is 10.1. The van der Waals surface area contributed by atoms with Gasteiger partial charge in [0.05, 0.1) is 0 Å². The summed E-state index contributed by atoms with van der Waals surface area (Å²) >= 11 is 3.36. The lowest BCUT2D eigenvalue weighted by molar-refractivity contribution is -0.135. The topological polar surface area (TPSA) is 46.3 Å². The molecule has 0 bridgehead atoms. The number of halogens is 1. The molecule has 0 aromatic rings. The molecule has 1 aliphatic rings. The predicted molar refractivity (Wildman–Crippen MR) is 65.5 cm³/mol. The van der Waals surface area contributed by atoms with E-state index in [-0.39, 0.29) is 11.9 Å². The number of nitrogens with zero attached hydrogens (tertiary/aromatic N) is 1. The van der Waals surface area contributed by atoms with E-state index in [4.69, 9.17) is 5.84 Å². The largest absolute Gasteiger partial charge is 0.276 e. The molecular weight excluding hydrogens is 256 g/mol. The van der Waals surface area contributed by atoms with Crippen LogP contribution in [0, 0.1) is 0 Å². The number of carbonyl (C=O) groups is 1. The molecule has 0 spiro atoms. The fourth-order valence-corrected chi connectivity index (χ4v) is 2.21. The van der Waals surface area contributed by atoms with E-state index in [0.29, 0.717) is 0 Å². The first kappa shape index (κ1) is 13.0. The van der Waals surface area contributed by atoms with Crippen molar-refractivity contribution in [2.45, 2.75) is 62.7 Å². The molecule has 88 valence electrons. The van der Waals surface area contributed by atoms with Crippen LogP contribution in [0.25, 0.3) is 0 Å². The summed E-state index contributed by atoms with van der Waals surface area (Å²) in [4.78, 5) is 11.9. The molecular formula is C11H21BrN2O. The summed E-state index contributed by atoms with van der Waals surface area (Å²) in [6, 6.07) is 0.233. The Morgan fingerprint density at radius 2 is 1.73 bits per heavy atom. The van der Waals surface area contributed by atoms with Crippen molar-refractivity contribution in [3.63, 3.8) is 0 Å². The summed E-state index contributed by atoms with van der Waals surface area (Å²) in [5.74, 6) is 5.88. The van der Waals surface area contributed by atoms with Crippen LogP contribution in [0.2, 0.25) is 0 Å². The molecule has 2 N–H and O–H groups in total. The Bertz CT molecular complexity index is 217. The van der Waals surface area contributed by atoms with E-state index in [1.165, 1.54) is 30.7 Å².